The maximum absolute atomic E-state index is 12.6. The molecule has 1 aromatic carbocycles. The molecule has 1 aromatic heterocycles. The minimum atomic E-state index is 0.0230. The number of benzene rings is 1. The van der Waals surface area contributed by atoms with Gasteiger partial charge in [-0.2, -0.15) is 0 Å². The smallest absolute Gasteiger partial charge is 0.238 e. The zero-order chi connectivity index (χ0) is 19.0. The lowest BCUT2D eigenvalue weighted by Crippen LogP contribution is -2.43. The number of hydrogen-bond donors (Lipinski definition) is 0. The van der Waals surface area contributed by atoms with E-state index in [-0.39, 0.29) is 23.2 Å². The van der Waals surface area contributed by atoms with Crippen LogP contribution in [0.25, 0.3) is 0 Å². The Kier molecular flexibility index (Phi) is 4.98. The van der Waals surface area contributed by atoms with E-state index >= 15 is 0 Å². The van der Waals surface area contributed by atoms with Crippen molar-refractivity contribution in [2.45, 2.75) is 64.0 Å². The van der Waals surface area contributed by atoms with Gasteiger partial charge in [0.1, 0.15) is 5.88 Å². The second-order valence-corrected chi connectivity index (χ2v) is 8.80. The van der Waals surface area contributed by atoms with Crippen LogP contribution in [0.1, 0.15) is 54.6 Å². The number of carbonyl (C=O) groups excluding carboxylic acids is 1. The van der Waals surface area contributed by atoms with Crippen molar-refractivity contribution in [2.24, 2.45) is 0 Å². The molecule has 4 heteroatoms. The molecule has 4 rings (SSSR count). The van der Waals surface area contributed by atoms with Crippen molar-refractivity contribution in [3.8, 4) is 0 Å². The van der Waals surface area contributed by atoms with Crippen LogP contribution in [0.3, 0.4) is 0 Å². The molecule has 1 heterocycles. The highest BCUT2D eigenvalue weighted by Gasteiger charge is 2.31. The monoisotopic (exact) mass is 382 g/mol. The lowest BCUT2D eigenvalue weighted by molar-refractivity contribution is -0.131. The molecule has 1 atom stereocenters. The fraction of sp³-hybridized carbons (Fsp3) is 0.478. The quantitative estimate of drug-likeness (QED) is 0.733. The molecule has 1 unspecified atom stereocenters. The van der Waals surface area contributed by atoms with E-state index in [2.05, 4.69) is 43.1 Å². The predicted octanol–water partition coefficient (Wildman–Crippen LogP) is 4.43. The number of carbonyl (C=O) groups is 1. The van der Waals surface area contributed by atoms with Crippen molar-refractivity contribution in [1.82, 2.24) is 9.88 Å². The van der Waals surface area contributed by atoms with E-state index < -0.39 is 0 Å². The molecule has 2 aliphatic rings. The number of amides is 1. The zero-order valence-corrected chi connectivity index (χ0v) is 16.9. The predicted molar refractivity (Wildman–Crippen MR) is 109 cm³/mol. The lowest BCUT2D eigenvalue weighted by Gasteiger charge is -2.35. The Morgan fingerprint density at radius 2 is 2.11 bits per heavy atom. The minimum Gasteiger partial charge on any atom is -0.334 e. The first-order valence-corrected chi connectivity index (χ1v) is 10.4. The Bertz CT molecular complexity index is 861. The van der Waals surface area contributed by atoms with Gasteiger partial charge in [-0.05, 0) is 65.8 Å². The molecule has 2 aromatic rings. The maximum atomic E-state index is 12.6. The lowest BCUT2D eigenvalue weighted by atomic mass is 9.86. The van der Waals surface area contributed by atoms with Crippen LogP contribution in [0, 0.1) is 0 Å². The molecule has 0 fully saturated rings. The number of pyridine rings is 1. The standard InChI is InChI=1S/C23H27ClN2O/c1-23(2)10-9-17-12-16(5-7-20(17)23)15-26(22(27)14-24)19-6-8-21-18(13-19)4-3-11-25-21/h3-5,7,11-12,19H,6,8-10,13-15H2,1-2H3. The third-order valence-electron chi connectivity index (χ3n) is 6.30. The van der Waals surface area contributed by atoms with E-state index in [0.29, 0.717) is 6.54 Å². The molecule has 0 spiro atoms. The Balaban J connectivity index is 1.57. The molecule has 0 radical (unpaired) electrons. The van der Waals surface area contributed by atoms with E-state index in [1.807, 2.05) is 17.2 Å². The maximum Gasteiger partial charge on any atom is 0.238 e. The summed E-state index contributed by atoms with van der Waals surface area (Å²) >= 11 is 5.96. The van der Waals surface area contributed by atoms with Crippen molar-refractivity contribution in [2.75, 3.05) is 5.88 Å². The molecule has 0 saturated carbocycles. The SMILES string of the molecule is CC1(C)CCc2cc(CN(C(=O)CCl)C3CCc4ncccc4C3)ccc21. The molecule has 142 valence electrons. The van der Waals surface area contributed by atoms with Gasteiger partial charge in [0.05, 0.1) is 0 Å². The summed E-state index contributed by atoms with van der Waals surface area (Å²) in [6.07, 6.45) is 6.91. The number of fused-ring (bicyclic) bond motifs is 2. The van der Waals surface area contributed by atoms with Crippen molar-refractivity contribution in [3.05, 3.63) is 64.5 Å². The third kappa shape index (κ3) is 3.62. The van der Waals surface area contributed by atoms with Crippen molar-refractivity contribution in [3.63, 3.8) is 0 Å². The van der Waals surface area contributed by atoms with Gasteiger partial charge in [0, 0.05) is 24.5 Å². The third-order valence-corrected chi connectivity index (χ3v) is 6.53. The van der Waals surface area contributed by atoms with Gasteiger partial charge >= 0.3 is 0 Å². The van der Waals surface area contributed by atoms with Crippen molar-refractivity contribution < 1.29 is 4.79 Å². The van der Waals surface area contributed by atoms with Crippen LogP contribution >= 0.6 is 11.6 Å². The van der Waals surface area contributed by atoms with Gasteiger partial charge in [-0.1, -0.05) is 38.1 Å². The molecular formula is C23H27ClN2O. The van der Waals surface area contributed by atoms with Crippen LogP contribution in [0.15, 0.2) is 36.5 Å². The van der Waals surface area contributed by atoms with Gasteiger partial charge in [-0.15, -0.1) is 11.6 Å². The Morgan fingerprint density at radius 1 is 1.26 bits per heavy atom. The first-order valence-electron chi connectivity index (χ1n) is 9.88. The molecule has 3 nitrogen and oxygen atoms in total. The van der Waals surface area contributed by atoms with Crippen LogP contribution in [-0.4, -0.2) is 27.7 Å². The van der Waals surface area contributed by atoms with Gasteiger partial charge in [0.25, 0.3) is 0 Å². The minimum absolute atomic E-state index is 0.0230. The Labute approximate surface area is 166 Å². The van der Waals surface area contributed by atoms with E-state index in [4.69, 9.17) is 11.6 Å². The number of aromatic nitrogens is 1. The van der Waals surface area contributed by atoms with Crippen LogP contribution in [-0.2, 0) is 36.0 Å². The van der Waals surface area contributed by atoms with Crippen molar-refractivity contribution >= 4 is 17.5 Å². The fourth-order valence-corrected chi connectivity index (χ4v) is 4.85. The highest BCUT2D eigenvalue weighted by Crippen LogP contribution is 2.38. The number of hydrogen-bond acceptors (Lipinski definition) is 2. The van der Waals surface area contributed by atoms with E-state index in [1.54, 1.807) is 0 Å². The van der Waals surface area contributed by atoms with Crippen molar-refractivity contribution in [1.29, 1.82) is 0 Å². The first-order chi connectivity index (χ1) is 13.0. The summed E-state index contributed by atoms with van der Waals surface area (Å²) in [6, 6.07) is 11.1. The molecule has 0 aliphatic heterocycles. The van der Waals surface area contributed by atoms with Crippen LogP contribution in [0.5, 0.6) is 0 Å². The highest BCUT2D eigenvalue weighted by atomic mass is 35.5. The number of rotatable bonds is 4. The average Bonchev–Trinajstić information content (AvgIpc) is 2.99. The highest BCUT2D eigenvalue weighted by molar-refractivity contribution is 6.27. The first kappa shape index (κ1) is 18.5. The fourth-order valence-electron chi connectivity index (χ4n) is 4.70. The number of aryl methyl sites for hydroxylation is 2. The molecule has 27 heavy (non-hydrogen) atoms. The second kappa shape index (κ2) is 7.27. The van der Waals surface area contributed by atoms with E-state index in [9.17, 15) is 4.79 Å². The molecule has 1 amide bonds. The number of halogens is 1. The molecular weight excluding hydrogens is 356 g/mol. The van der Waals surface area contributed by atoms with Gasteiger partial charge in [-0.3, -0.25) is 9.78 Å². The zero-order valence-electron chi connectivity index (χ0n) is 16.2. The summed E-state index contributed by atoms with van der Waals surface area (Å²) in [5.41, 5.74) is 6.80. The van der Waals surface area contributed by atoms with Crippen LogP contribution in [0.2, 0.25) is 0 Å². The molecule has 0 N–H and O–H groups in total. The van der Waals surface area contributed by atoms with Gasteiger partial charge < -0.3 is 4.90 Å². The topological polar surface area (TPSA) is 33.2 Å². The molecule has 2 aliphatic carbocycles. The number of alkyl halides is 1. The largest absolute Gasteiger partial charge is 0.334 e. The van der Waals surface area contributed by atoms with Gasteiger partial charge in [0.2, 0.25) is 5.91 Å². The molecule has 0 saturated heterocycles. The Morgan fingerprint density at radius 3 is 2.93 bits per heavy atom. The summed E-state index contributed by atoms with van der Waals surface area (Å²) in [4.78, 5) is 19.1. The van der Waals surface area contributed by atoms with Gasteiger partial charge in [0.15, 0.2) is 0 Å². The van der Waals surface area contributed by atoms with Gasteiger partial charge in [-0.25, -0.2) is 0 Å². The normalized spacial score (nSPS) is 20.0. The van der Waals surface area contributed by atoms with Crippen LogP contribution in [0.4, 0.5) is 0 Å². The summed E-state index contributed by atoms with van der Waals surface area (Å²) in [5.74, 6) is 0.0591. The summed E-state index contributed by atoms with van der Waals surface area (Å²) in [6.45, 7) is 5.27. The Hall–Kier alpha value is -1.87. The average molecular weight is 383 g/mol. The summed E-state index contributed by atoms with van der Waals surface area (Å²) < 4.78 is 0. The summed E-state index contributed by atoms with van der Waals surface area (Å²) in [7, 11) is 0. The van der Waals surface area contributed by atoms with E-state index in [1.165, 1.54) is 34.4 Å². The summed E-state index contributed by atoms with van der Waals surface area (Å²) in [5, 5.41) is 0. The number of nitrogens with zero attached hydrogens (tertiary/aromatic N) is 2. The molecule has 0 bridgehead atoms. The van der Waals surface area contributed by atoms with E-state index in [0.717, 1.165) is 25.7 Å². The van der Waals surface area contributed by atoms with Crippen LogP contribution < -0.4 is 0 Å². The second-order valence-electron chi connectivity index (χ2n) is 8.54.